The molecule has 144 valence electrons. The Hall–Kier alpha value is -2.85. The zero-order valence-corrected chi connectivity index (χ0v) is 16.6. The Labute approximate surface area is 166 Å². The minimum Gasteiger partial charge on any atom is -0.284 e. The van der Waals surface area contributed by atoms with Gasteiger partial charge in [0.2, 0.25) is 15.9 Å². The molecule has 1 aliphatic heterocycles. The molecule has 1 amide bonds. The summed E-state index contributed by atoms with van der Waals surface area (Å²) >= 11 is 1.15. The third-order valence-corrected chi connectivity index (χ3v) is 5.45. The molecular formula is C18H17N5O3S2. The first-order valence-electron chi connectivity index (χ1n) is 8.55. The topological polar surface area (TPSA) is 105 Å². The number of hydrogen-bond acceptors (Lipinski definition) is 7. The summed E-state index contributed by atoms with van der Waals surface area (Å²) in [5.41, 5.74) is 4.66. The zero-order valence-electron chi connectivity index (χ0n) is 15.0. The summed E-state index contributed by atoms with van der Waals surface area (Å²) in [4.78, 5) is 12.6. The fourth-order valence-electron chi connectivity index (χ4n) is 2.99. The standard InChI is InChI=1S/C18H17N5O3S2/c1-28(25,26)22-14-5-3-13(4-6-14)15-8-9-23(19-15)18(24)11-12-2-7-16-17(10-12)21-27-20-16/h2-7,10,22H,8-9,11H2,1H3. The number of aromatic nitrogens is 2. The lowest BCUT2D eigenvalue weighted by Crippen LogP contribution is -2.25. The number of benzene rings is 2. The Morgan fingerprint density at radius 3 is 2.64 bits per heavy atom. The highest BCUT2D eigenvalue weighted by molar-refractivity contribution is 7.92. The molecule has 0 saturated carbocycles. The lowest BCUT2D eigenvalue weighted by molar-refractivity contribution is -0.130. The van der Waals surface area contributed by atoms with E-state index < -0.39 is 10.0 Å². The maximum absolute atomic E-state index is 12.6. The lowest BCUT2D eigenvalue weighted by Gasteiger charge is -2.11. The molecule has 10 heteroatoms. The Morgan fingerprint density at radius 2 is 1.89 bits per heavy atom. The van der Waals surface area contributed by atoms with E-state index in [0.29, 0.717) is 18.7 Å². The van der Waals surface area contributed by atoms with E-state index in [-0.39, 0.29) is 12.3 Å². The van der Waals surface area contributed by atoms with Crippen molar-refractivity contribution in [1.82, 2.24) is 13.8 Å². The molecule has 0 saturated heterocycles. The minimum atomic E-state index is -3.31. The number of nitrogens with one attached hydrogen (secondary N) is 1. The van der Waals surface area contributed by atoms with Crippen LogP contribution in [0.4, 0.5) is 5.69 Å². The van der Waals surface area contributed by atoms with Gasteiger partial charge in [0.15, 0.2) is 0 Å². The van der Waals surface area contributed by atoms with Crippen LogP contribution in [0.1, 0.15) is 17.5 Å². The second-order valence-electron chi connectivity index (χ2n) is 6.53. The Balaban J connectivity index is 1.44. The van der Waals surface area contributed by atoms with Crippen LogP contribution in [-0.4, -0.2) is 46.6 Å². The molecule has 0 atom stereocenters. The number of hydrogen-bond donors (Lipinski definition) is 1. The second kappa shape index (κ2) is 7.28. The molecule has 0 bridgehead atoms. The van der Waals surface area contributed by atoms with Gasteiger partial charge in [-0.25, -0.2) is 13.4 Å². The molecule has 0 spiro atoms. The lowest BCUT2D eigenvalue weighted by atomic mass is 10.1. The average Bonchev–Trinajstić information content (AvgIpc) is 3.30. The molecule has 1 aromatic heterocycles. The van der Waals surface area contributed by atoms with Crippen LogP contribution in [0.25, 0.3) is 11.0 Å². The van der Waals surface area contributed by atoms with Gasteiger partial charge in [-0.05, 0) is 35.4 Å². The maximum atomic E-state index is 12.6. The van der Waals surface area contributed by atoms with Gasteiger partial charge in [0.05, 0.1) is 36.7 Å². The molecule has 0 unspecified atom stereocenters. The molecule has 2 heterocycles. The van der Waals surface area contributed by atoms with Gasteiger partial charge in [0.25, 0.3) is 0 Å². The van der Waals surface area contributed by atoms with Crippen LogP contribution in [0.2, 0.25) is 0 Å². The van der Waals surface area contributed by atoms with Gasteiger partial charge in [-0.15, -0.1) is 0 Å². The van der Waals surface area contributed by atoms with Gasteiger partial charge in [-0.1, -0.05) is 18.2 Å². The molecule has 4 rings (SSSR count). The van der Waals surface area contributed by atoms with Crippen molar-refractivity contribution in [2.45, 2.75) is 12.8 Å². The number of anilines is 1. The SMILES string of the molecule is CS(=O)(=O)Nc1ccc(C2=NN(C(=O)Cc3ccc4nsnc4c3)CC2)cc1. The number of carbonyl (C=O) groups excluding carboxylic acids is 1. The van der Waals surface area contributed by atoms with Crippen LogP contribution in [0.15, 0.2) is 47.6 Å². The zero-order chi connectivity index (χ0) is 19.7. The van der Waals surface area contributed by atoms with Crippen molar-refractivity contribution < 1.29 is 13.2 Å². The van der Waals surface area contributed by atoms with E-state index in [0.717, 1.165) is 45.9 Å². The predicted octanol–water partition coefficient (Wildman–Crippen LogP) is 2.24. The van der Waals surface area contributed by atoms with Gasteiger partial charge in [-0.3, -0.25) is 9.52 Å². The number of sulfonamides is 1. The molecule has 0 fully saturated rings. The van der Waals surface area contributed by atoms with Crippen LogP contribution in [0, 0.1) is 0 Å². The smallest absolute Gasteiger partial charge is 0.247 e. The summed E-state index contributed by atoms with van der Waals surface area (Å²) in [5.74, 6) is -0.0760. The van der Waals surface area contributed by atoms with Crippen molar-refractivity contribution in [3.8, 4) is 0 Å². The van der Waals surface area contributed by atoms with Crippen molar-refractivity contribution in [3.63, 3.8) is 0 Å². The molecule has 8 nitrogen and oxygen atoms in total. The normalized spacial score (nSPS) is 14.3. The molecule has 28 heavy (non-hydrogen) atoms. The summed E-state index contributed by atoms with van der Waals surface area (Å²) < 4.78 is 33.3. The highest BCUT2D eigenvalue weighted by atomic mass is 32.2. The Morgan fingerprint density at radius 1 is 1.14 bits per heavy atom. The molecule has 1 N–H and O–H groups in total. The number of fused-ring (bicyclic) bond motifs is 1. The van der Waals surface area contributed by atoms with Crippen LogP contribution in [0.3, 0.4) is 0 Å². The number of hydrazone groups is 1. The van der Waals surface area contributed by atoms with E-state index in [4.69, 9.17) is 0 Å². The maximum Gasteiger partial charge on any atom is 0.247 e. The highest BCUT2D eigenvalue weighted by Gasteiger charge is 2.22. The molecule has 0 aliphatic carbocycles. The average molecular weight is 416 g/mol. The third kappa shape index (κ3) is 4.18. The van der Waals surface area contributed by atoms with Gasteiger partial charge >= 0.3 is 0 Å². The van der Waals surface area contributed by atoms with E-state index in [1.807, 2.05) is 18.2 Å². The number of amides is 1. The van der Waals surface area contributed by atoms with Gasteiger partial charge < -0.3 is 0 Å². The van der Waals surface area contributed by atoms with Crippen molar-refractivity contribution >= 4 is 50.1 Å². The first-order valence-corrected chi connectivity index (χ1v) is 11.2. The van der Waals surface area contributed by atoms with Crippen molar-refractivity contribution in [2.24, 2.45) is 5.10 Å². The summed E-state index contributed by atoms with van der Waals surface area (Å²) in [6, 6.07) is 12.6. The van der Waals surface area contributed by atoms with Crippen LogP contribution in [-0.2, 0) is 21.2 Å². The Kier molecular flexibility index (Phi) is 4.82. The fraction of sp³-hybridized carbons (Fsp3) is 0.222. The summed E-state index contributed by atoms with van der Waals surface area (Å²) in [6.07, 6.45) is 2.01. The Bertz CT molecular complexity index is 1170. The summed E-state index contributed by atoms with van der Waals surface area (Å²) in [5, 5.41) is 5.93. The van der Waals surface area contributed by atoms with E-state index in [1.165, 1.54) is 5.01 Å². The first-order chi connectivity index (χ1) is 13.4. The van der Waals surface area contributed by atoms with Gasteiger partial charge in [-0.2, -0.15) is 13.8 Å². The first kappa shape index (κ1) is 18.5. The van der Waals surface area contributed by atoms with Crippen LogP contribution in [0.5, 0.6) is 0 Å². The number of rotatable bonds is 5. The monoisotopic (exact) mass is 415 g/mol. The highest BCUT2D eigenvalue weighted by Crippen LogP contribution is 2.19. The molecule has 1 aliphatic rings. The number of nitrogens with zero attached hydrogens (tertiary/aromatic N) is 4. The fourth-order valence-corrected chi connectivity index (χ4v) is 4.07. The molecule has 2 aromatic carbocycles. The van der Waals surface area contributed by atoms with Gasteiger partial charge in [0, 0.05) is 12.1 Å². The second-order valence-corrected chi connectivity index (χ2v) is 8.81. The van der Waals surface area contributed by atoms with E-state index in [9.17, 15) is 13.2 Å². The predicted molar refractivity (Wildman–Crippen MR) is 109 cm³/mol. The summed E-state index contributed by atoms with van der Waals surface area (Å²) in [6.45, 7) is 0.526. The van der Waals surface area contributed by atoms with E-state index >= 15 is 0 Å². The molecule has 3 aromatic rings. The largest absolute Gasteiger partial charge is 0.284 e. The third-order valence-electron chi connectivity index (χ3n) is 4.28. The van der Waals surface area contributed by atoms with E-state index in [2.05, 4.69) is 18.6 Å². The molecular weight excluding hydrogens is 398 g/mol. The van der Waals surface area contributed by atoms with Crippen molar-refractivity contribution in [3.05, 3.63) is 53.6 Å². The summed E-state index contributed by atoms with van der Waals surface area (Å²) in [7, 11) is -3.31. The molecule has 0 radical (unpaired) electrons. The number of carbonyl (C=O) groups is 1. The van der Waals surface area contributed by atoms with E-state index in [1.54, 1.807) is 24.3 Å². The van der Waals surface area contributed by atoms with Crippen LogP contribution >= 0.6 is 11.7 Å². The van der Waals surface area contributed by atoms with Gasteiger partial charge in [0.1, 0.15) is 11.0 Å². The van der Waals surface area contributed by atoms with Crippen molar-refractivity contribution in [1.29, 1.82) is 0 Å². The minimum absolute atomic E-state index is 0.0760. The van der Waals surface area contributed by atoms with Crippen LogP contribution < -0.4 is 4.72 Å². The quantitative estimate of drug-likeness (QED) is 0.688. The van der Waals surface area contributed by atoms with Crippen molar-refractivity contribution in [2.75, 3.05) is 17.5 Å².